The van der Waals surface area contributed by atoms with E-state index in [1.165, 1.54) is 27.1 Å². The van der Waals surface area contributed by atoms with Crippen LogP contribution in [0.15, 0.2) is 47.8 Å². The van der Waals surface area contributed by atoms with E-state index in [1.54, 1.807) is 11.3 Å². The highest BCUT2D eigenvalue weighted by Gasteiger charge is 2.07. The summed E-state index contributed by atoms with van der Waals surface area (Å²) >= 11 is 13.8. The Morgan fingerprint density at radius 3 is 2.10 bits per heavy atom. The maximum absolute atomic E-state index is 6.10. The van der Waals surface area contributed by atoms with Gasteiger partial charge in [-0.05, 0) is 54.1 Å². The van der Waals surface area contributed by atoms with Crippen LogP contribution < -0.4 is 0 Å². The average molecular weight is 333 g/mol. The fourth-order valence-electron chi connectivity index (χ4n) is 2.43. The first-order chi connectivity index (χ1) is 10.0. The van der Waals surface area contributed by atoms with Gasteiger partial charge >= 0.3 is 0 Å². The maximum Gasteiger partial charge on any atom is 0.0598 e. The molecule has 0 aliphatic carbocycles. The van der Waals surface area contributed by atoms with Gasteiger partial charge in [0.05, 0.1) is 10.0 Å². The molecule has 0 spiro atoms. The number of aryl methyl sites for hydroxylation is 2. The molecule has 0 radical (unpaired) electrons. The van der Waals surface area contributed by atoms with Crippen LogP contribution in [0.1, 0.15) is 11.1 Å². The van der Waals surface area contributed by atoms with Crippen molar-refractivity contribution in [2.75, 3.05) is 0 Å². The molecule has 1 aromatic heterocycles. The summed E-state index contributed by atoms with van der Waals surface area (Å²) in [4.78, 5) is 1.20. The minimum absolute atomic E-state index is 0.589. The predicted molar refractivity (Wildman–Crippen MR) is 94.7 cm³/mol. The third-order valence-corrected chi connectivity index (χ3v) is 5.08. The van der Waals surface area contributed by atoms with Crippen LogP contribution in [0.3, 0.4) is 0 Å². The molecule has 0 saturated heterocycles. The molecular formula is C18H14Cl2S. The lowest BCUT2D eigenvalue weighted by atomic mass is 10.0. The van der Waals surface area contributed by atoms with Crippen molar-refractivity contribution in [3.63, 3.8) is 0 Å². The van der Waals surface area contributed by atoms with E-state index in [9.17, 15) is 0 Å². The molecule has 3 aromatic rings. The summed E-state index contributed by atoms with van der Waals surface area (Å²) in [6.07, 6.45) is 0. The van der Waals surface area contributed by atoms with Gasteiger partial charge in [0, 0.05) is 4.88 Å². The lowest BCUT2D eigenvalue weighted by Gasteiger charge is -2.03. The van der Waals surface area contributed by atoms with Crippen LogP contribution in [0.2, 0.25) is 10.0 Å². The molecule has 0 unspecified atom stereocenters. The Morgan fingerprint density at radius 1 is 0.714 bits per heavy atom. The normalized spacial score (nSPS) is 10.9. The molecule has 0 fully saturated rings. The maximum atomic E-state index is 6.10. The fourth-order valence-corrected chi connectivity index (χ4v) is 3.64. The Kier molecular flexibility index (Phi) is 4.08. The molecule has 0 nitrogen and oxygen atoms in total. The van der Waals surface area contributed by atoms with Gasteiger partial charge in [0.2, 0.25) is 0 Å². The van der Waals surface area contributed by atoms with Gasteiger partial charge in [-0.15, -0.1) is 11.3 Å². The van der Waals surface area contributed by atoms with E-state index in [0.29, 0.717) is 10.0 Å². The van der Waals surface area contributed by atoms with Crippen LogP contribution in [0.25, 0.3) is 21.6 Å². The molecule has 0 saturated carbocycles. The lowest BCUT2D eigenvalue weighted by molar-refractivity contribution is 1.39. The van der Waals surface area contributed by atoms with E-state index in [2.05, 4.69) is 43.5 Å². The van der Waals surface area contributed by atoms with Gasteiger partial charge in [-0.1, -0.05) is 58.6 Å². The molecule has 0 amide bonds. The highest BCUT2D eigenvalue weighted by Crippen LogP contribution is 2.35. The molecule has 3 rings (SSSR count). The van der Waals surface area contributed by atoms with E-state index >= 15 is 0 Å². The Labute approximate surface area is 139 Å². The topological polar surface area (TPSA) is 0 Å². The van der Waals surface area contributed by atoms with Crippen LogP contribution in [0, 0.1) is 13.8 Å². The van der Waals surface area contributed by atoms with E-state index in [-0.39, 0.29) is 0 Å². The van der Waals surface area contributed by atoms with Gasteiger partial charge in [0.15, 0.2) is 0 Å². The first-order valence-electron chi connectivity index (χ1n) is 6.65. The molecule has 0 aliphatic rings. The average Bonchev–Trinajstić information content (AvgIpc) is 2.90. The van der Waals surface area contributed by atoms with Gasteiger partial charge in [0.1, 0.15) is 0 Å². The van der Waals surface area contributed by atoms with Crippen molar-refractivity contribution < 1.29 is 0 Å². The Bertz CT molecular complexity index is 782. The van der Waals surface area contributed by atoms with E-state index in [0.717, 1.165) is 5.56 Å². The van der Waals surface area contributed by atoms with Gasteiger partial charge in [0.25, 0.3) is 0 Å². The summed E-state index contributed by atoms with van der Waals surface area (Å²) < 4.78 is 0. The van der Waals surface area contributed by atoms with Gasteiger partial charge in [-0.25, -0.2) is 0 Å². The standard InChI is InChI=1S/C18H14Cl2S/c1-11-5-12(2)7-14(6-11)15-9-18(21-10-15)13-3-4-16(19)17(20)8-13/h3-10H,1-2H3. The van der Waals surface area contributed by atoms with Crippen molar-refractivity contribution in [3.05, 3.63) is 69.0 Å². The van der Waals surface area contributed by atoms with Crippen molar-refractivity contribution in [2.45, 2.75) is 13.8 Å². The Balaban J connectivity index is 2.01. The third kappa shape index (κ3) is 3.16. The first kappa shape index (κ1) is 14.6. The second-order valence-corrected chi connectivity index (χ2v) is 6.93. The van der Waals surface area contributed by atoms with Crippen LogP contribution in [-0.4, -0.2) is 0 Å². The lowest BCUT2D eigenvalue weighted by Crippen LogP contribution is -1.80. The van der Waals surface area contributed by atoms with Crippen molar-refractivity contribution in [2.24, 2.45) is 0 Å². The van der Waals surface area contributed by atoms with E-state index < -0.39 is 0 Å². The van der Waals surface area contributed by atoms with Gasteiger partial charge in [-0.2, -0.15) is 0 Å². The second-order valence-electron chi connectivity index (χ2n) is 5.20. The van der Waals surface area contributed by atoms with E-state index in [1.807, 2.05) is 18.2 Å². The quantitative estimate of drug-likeness (QED) is 0.473. The largest absolute Gasteiger partial charge is 0.143 e. The molecular weight excluding hydrogens is 319 g/mol. The molecule has 0 bridgehead atoms. The summed E-state index contributed by atoms with van der Waals surface area (Å²) in [5.74, 6) is 0. The zero-order valence-corrected chi connectivity index (χ0v) is 14.1. The SMILES string of the molecule is Cc1cc(C)cc(-c2csc(-c3ccc(Cl)c(Cl)c3)c2)c1. The minimum Gasteiger partial charge on any atom is -0.143 e. The Morgan fingerprint density at radius 2 is 1.43 bits per heavy atom. The fraction of sp³-hybridized carbons (Fsp3) is 0.111. The summed E-state index contributed by atoms with van der Waals surface area (Å²) in [5.41, 5.74) is 6.17. The third-order valence-electron chi connectivity index (χ3n) is 3.36. The molecule has 0 atom stereocenters. The second kappa shape index (κ2) is 5.84. The molecule has 0 aliphatic heterocycles. The van der Waals surface area contributed by atoms with Crippen LogP contribution >= 0.6 is 34.5 Å². The predicted octanol–water partition coefficient (Wildman–Crippen LogP) is 7.01. The van der Waals surface area contributed by atoms with E-state index in [4.69, 9.17) is 23.2 Å². The van der Waals surface area contributed by atoms with Crippen molar-refractivity contribution in [1.82, 2.24) is 0 Å². The van der Waals surface area contributed by atoms with Crippen LogP contribution in [0.4, 0.5) is 0 Å². The molecule has 1 heterocycles. The summed E-state index contributed by atoms with van der Waals surface area (Å²) in [7, 11) is 0. The summed E-state index contributed by atoms with van der Waals surface area (Å²) in [5, 5.41) is 3.37. The molecule has 3 heteroatoms. The zero-order valence-electron chi connectivity index (χ0n) is 11.8. The van der Waals surface area contributed by atoms with Crippen molar-refractivity contribution in [1.29, 1.82) is 0 Å². The molecule has 106 valence electrons. The number of hydrogen-bond donors (Lipinski definition) is 0. The highest BCUT2D eigenvalue weighted by atomic mass is 35.5. The van der Waals surface area contributed by atoms with Gasteiger partial charge < -0.3 is 0 Å². The van der Waals surface area contributed by atoms with Crippen LogP contribution in [-0.2, 0) is 0 Å². The van der Waals surface area contributed by atoms with Crippen molar-refractivity contribution in [3.8, 4) is 21.6 Å². The number of benzene rings is 2. The zero-order chi connectivity index (χ0) is 15.0. The molecule has 21 heavy (non-hydrogen) atoms. The van der Waals surface area contributed by atoms with Gasteiger partial charge in [-0.3, -0.25) is 0 Å². The minimum atomic E-state index is 0.589. The number of halogens is 2. The summed E-state index contributed by atoms with van der Waals surface area (Å²) in [6.45, 7) is 4.26. The summed E-state index contributed by atoms with van der Waals surface area (Å²) in [6, 6.07) is 14.6. The first-order valence-corrected chi connectivity index (χ1v) is 8.29. The number of rotatable bonds is 2. The number of hydrogen-bond acceptors (Lipinski definition) is 1. The smallest absolute Gasteiger partial charge is 0.0598 e. The Hall–Kier alpha value is -1.28. The van der Waals surface area contributed by atoms with Crippen LogP contribution in [0.5, 0.6) is 0 Å². The van der Waals surface area contributed by atoms with Crippen molar-refractivity contribution >= 4 is 34.5 Å². The monoisotopic (exact) mass is 332 g/mol. The molecule has 2 aromatic carbocycles. The number of thiophene rings is 1. The molecule has 0 N–H and O–H groups in total. The highest BCUT2D eigenvalue weighted by molar-refractivity contribution is 7.14.